The first-order valence-corrected chi connectivity index (χ1v) is 13.3. The smallest absolute Gasteiger partial charge is 0.497 e. The van der Waals surface area contributed by atoms with Crippen LogP contribution in [0.1, 0.15) is 26.3 Å². The molecule has 0 aliphatic heterocycles. The van der Waals surface area contributed by atoms with E-state index in [9.17, 15) is 0 Å². The second-order valence-corrected chi connectivity index (χ2v) is 10.9. The summed E-state index contributed by atoms with van der Waals surface area (Å²) in [5, 5.41) is 4.32. The summed E-state index contributed by atoms with van der Waals surface area (Å²) in [5.41, 5.74) is 6.12. The fourth-order valence-corrected chi connectivity index (χ4v) is 5.09. The topological polar surface area (TPSA) is 48.2 Å². The summed E-state index contributed by atoms with van der Waals surface area (Å²) in [7, 11) is 0. The van der Waals surface area contributed by atoms with Gasteiger partial charge in [-0.2, -0.15) is 0 Å². The molecule has 0 spiro atoms. The monoisotopic (exact) mass is 713 g/mol. The Morgan fingerprint density at radius 2 is 1.37 bits per heavy atom. The average molecular weight is 714 g/mol. The van der Waals surface area contributed by atoms with E-state index in [0.29, 0.717) is 11.5 Å². The van der Waals surface area contributed by atoms with E-state index in [1.165, 1.54) is 5.56 Å². The second-order valence-electron chi connectivity index (χ2n) is 10.9. The quantitative estimate of drug-likeness (QED) is 0.171. The van der Waals surface area contributed by atoms with Crippen molar-refractivity contribution in [1.82, 2.24) is 9.97 Å². The van der Waals surface area contributed by atoms with Crippen molar-refractivity contribution in [3.05, 3.63) is 121 Å². The Morgan fingerprint density at radius 3 is 2.17 bits per heavy atom. The molecule has 7 rings (SSSR count). The number of ether oxygens (including phenoxy) is 1. The van der Waals surface area contributed by atoms with Crippen molar-refractivity contribution >= 4 is 32.7 Å². The number of rotatable bonds is 4. The number of nitrogens with zero attached hydrogens (tertiary/aromatic N) is 2. The van der Waals surface area contributed by atoms with Gasteiger partial charge in [0.05, 0.1) is 0 Å². The molecule has 0 atom stereocenters. The maximum absolute atomic E-state index is 6.47. The first kappa shape index (κ1) is 26.9. The summed E-state index contributed by atoms with van der Waals surface area (Å²) >= 11 is 0. The summed E-state index contributed by atoms with van der Waals surface area (Å²) < 4.78 is 12.7. The van der Waals surface area contributed by atoms with Crippen LogP contribution in [-0.4, -0.2) is 9.97 Å². The van der Waals surface area contributed by atoms with Gasteiger partial charge < -0.3 is 19.1 Å². The second kappa shape index (κ2) is 10.6. The Balaban J connectivity index is 0.00000302. The summed E-state index contributed by atoms with van der Waals surface area (Å²) in [4.78, 5) is 9.26. The molecule has 3 aromatic heterocycles. The number of hydrogen-bond donors (Lipinski definition) is 0. The van der Waals surface area contributed by atoms with Gasteiger partial charge >= 0.3 is 21.1 Å². The first-order chi connectivity index (χ1) is 19.4. The van der Waals surface area contributed by atoms with Crippen molar-refractivity contribution in [1.29, 1.82) is 0 Å². The molecule has 41 heavy (non-hydrogen) atoms. The SMILES string of the molecule is CC(C)(C)c1ccnc(-c2[c-]c(Oc3[c-]c(-c4nccc5c4oc4c6ccccc6ccc54)ccc3)ccc2)c1.[Pt+2]. The summed E-state index contributed by atoms with van der Waals surface area (Å²) in [6.45, 7) is 6.59. The molecule has 0 radical (unpaired) electrons. The molecule has 0 N–H and O–H groups in total. The van der Waals surface area contributed by atoms with E-state index in [-0.39, 0.29) is 26.5 Å². The zero-order valence-corrected chi connectivity index (χ0v) is 25.1. The standard InChI is InChI=1S/C36H26N2O2.Pt/c1-36(2,3)26-16-18-37-32(22-26)24-9-6-11-27(20-24)39-28-12-7-10-25(21-28)33-35-31(17-19-38-33)30-15-14-23-8-4-5-13-29(23)34(30)40-35;/h4-19,22H,1-3H3;/q-2;+2. The molecular formula is C36H26N2O2Pt. The van der Waals surface area contributed by atoms with Crippen molar-refractivity contribution in [3.63, 3.8) is 0 Å². The molecule has 0 saturated heterocycles. The minimum absolute atomic E-state index is 0. The predicted molar refractivity (Wildman–Crippen MR) is 161 cm³/mol. The van der Waals surface area contributed by atoms with E-state index >= 15 is 0 Å². The molecule has 5 heteroatoms. The van der Waals surface area contributed by atoms with Gasteiger partial charge in [0.15, 0.2) is 0 Å². The summed E-state index contributed by atoms with van der Waals surface area (Å²) in [6.07, 6.45) is 3.67. The molecule has 0 saturated carbocycles. The molecule has 0 fully saturated rings. The maximum atomic E-state index is 6.47. The number of fused-ring (bicyclic) bond motifs is 5. The van der Waals surface area contributed by atoms with Crippen LogP contribution >= 0.6 is 0 Å². The number of pyridine rings is 2. The fourth-order valence-electron chi connectivity index (χ4n) is 5.09. The van der Waals surface area contributed by atoms with Crippen molar-refractivity contribution < 1.29 is 30.2 Å². The summed E-state index contributed by atoms with van der Waals surface area (Å²) in [6, 6.07) is 37.1. The van der Waals surface area contributed by atoms with E-state index in [1.807, 2.05) is 67.0 Å². The van der Waals surface area contributed by atoms with E-state index < -0.39 is 0 Å². The Hall–Kier alpha value is -4.27. The van der Waals surface area contributed by atoms with Crippen LogP contribution in [0.3, 0.4) is 0 Å². The Morgan fingerprint density at radius 1 is 0.659 bits per heavy atom. The molecule has 0 bridgehead atoms. The molecule has 0 amide bonds. The normalized spacial score (nSPS) is 11.6. The molecule has 0 aliphatic carbocycles. The molecule has 0 unspecified atom stereocenters. The third-order valence-electron chi connectivity index (χ3n) is 7.19. The van der Waals surface area contributed by atoms with Crippen LogP contribution in [0.5, 0.6) is 11.5 Å². The van der Waals surface area contributed by atoms with E-state index in [2.05, 4.69) is 79.3 Å². The fraction of sp³-hybridized carbons (Fsp3) is 0.111. The third kappa shape index (κ3) is 5.05. The average Bonchev–Trinajstić information content (AvgIpc) is 3.37. The molecule has 4 nitrogen and oxygen atoms in total. The number of aromatic nitrogens is 2. The van der Waals surface area contributed by atoms with Gasteiger partial charge in [0, 0.05) is 45.7 Å². The zero-order valence-electron chi connectivity index (χ0n) is 22.8. The number of hydrogen-bond acceptors (Lipinski definition) is 4. The van der Waals surface area contributed by atoms with Crippen molar-refractivity contribution in [2.45, 2.75) is 26.2 Å². The van der Waals surface area contributed by atoms with Gasteiger partial charge in [-0.15, -0.1) is 47.5 Å². The molecule has 4 aromatic carbocycles. The minimum atomic E-state index is 0. The van der Waals surface area contributed by atoms with Crippen LogP contribution in [0.4, 0.5) is 0 Å². The van der Waals surface area contributed by atoms with Crippen molar-refractivity contribution in [2.75, 3.05) is 0 Å². The van der Waals surface area contributed by atoms with Crippen LogP contribution in [0.25, 0.3) is 55.2 Å². The van der Waals surface area contributed by atoms with Crippen LogP contribution < -0.4 is 4.74 Å². The summed E-state index contributed by atoms with van der Waals surface area (Å²) in [5.74, 6) is 1.16. The van der Waals surface area contributed by atoms with Gasteiger partial charge in [0.25, 0.3) is 0 Å². The predicted octanol–water partition coefficient (Wildman–Crippen LogP) is 9.55. The molecule has 7 aromatic rings. The van der Waals surface area contributed by atoms with Gasteiger partial charge in [-0.1, -0.05) is 69.3 Å². The molecular weight excluding hydrogens is 687 g/mol. The van der Waals surface area contributed by atoms with E-state index in [1.54, 1.807) is 0 Å². The van der Waals surface area contributed by atoms with Gasteiger partial charge in [0.2, 0.25) is 0 Å². The van der Waals surface area contributed by atoms with Crippen LogP contribution in [0, 0.1) is 12.1 Å². The van der Waals surface area contributed by atoms with Crippen LogP contribution in [-0.2, 0) is 26.5 Å². The third-order valence-corrected chi connectivity index (χ3v) is 7.19. The molecule has 202 valence electrons. The number of furan rings is 1. The van der Waals surface area contributed by atoms with Gasteiger partial charge in [-0.05, 0) is 40.3 Å². The first-order valence-electron chi connectivity index (χ1n) is 13.3. The molecule has 0 aliphatic rings. The Bertz CT molecular complexity index is 2040. The number of benzene rings is 4. The van der Waals surface area contributed by atoms with E-state index in [0.717, 1.165) is 55.2 Å². The molecule has 3 heterocycles. The van der Waals surface area contributed by atoms with Crippen molar-refractivity contribution in [2.24, 2.45) is 0 Å². The van der Waals surface area contributed by atoms with Gasteiger partial charge in [-0.3, -0.25) is 0 Å². The maximum Gasteiger partial charge on any atom is 2.00 e. The van der Waals surface area contributed by atoms with Crippen LogP contribution in [0.2, 0.25) is 0 Å². The minimum Gasteiger partial charge on any atom is -0.497 e. The van der Waals surface area contributed by atoms with Gasteiger partial charge in [0.1, 0.15) is 11.2 Å². The zero-order chi connectivity index (χ0) is 27.3. The van der Waals surface area contributed by atoms with E-state index in [4.69, 9.17) is 9.15 Å². The Labute approximate surface area is 253 Å². The Kier molecular flexibility index (Phi) is 6.97. The van der Waals surface area contributed by atoms with Gasteiger partial charge in [-0.25, -0.2) is 0 Å². The van der Waals surface area contributed by atoms with Crippen LogP contribution in [0.15, 0.2) is 108 Å². The van der Waals surface area contributed by atoms with Crippen molar-refractivity contribution in [3.8, 4) is 34.0 Å². The largest absolute Gasteiger partial charge is 2.00 e.